The number of esters is 1. The van der Waals surface area contributed by atoms with Crippen LogP contribution in [0.5, 0.6) is 0 Å². The van der Waals surface area contributed by atoms with E-state index < -0.39 is 0 Å². The topological polar surface area (TPSA) is 63.7 Å². The standard InChI is InChI=1S/C17H13NO4/c19-15-13-8-1-2-9(5-8)14(13)16(20)18(15)11-3-4-12-10(6-11)7-22-17(12)21/h1-4,6,8-9,13-14H,5,7H2/t8?,9?,13-,14+. The van der Waals surface area contributed by atoms with Crippen molar-refractivity contribution in [1.29, 1.82) is 0 Å². The molecule has 2 fully saturated rings. The molecule has 2 aliphatic carbocycles. The molecule has 1 saturated carbocycles. The lowest BCUT2D eigenvalue weighted by molar-refractivity contribution is -0.123. The van der Waals surface area contributed by atoms with Gasteiger partial charge in [0.05, 0.1) is 23.1 Å². The number of rotatable bonds is 1. The molecule has 4 atom stereocenters. The minimum atomic E-state index is -0.347. The van der Waals surface area contributed by atoms with E-state index in [0.717, 1.165) is 12.0 Å². The van der Waals surface area contributed by atoms with Crippen LogP contribution in [-0.2, 0) is 20.9 Å². The fourth-order valence-corrected chi connectivity index (χ4v) is 4.42. The van der Waals surface area contributed by atoms with Crippen LogP contribution in [0.25, 0.3) is 0 Å². The maximum atomic E-state index is 12.7. The first kappa shape index (κ1) is 12.1. The lowest BCUT2D eigenvalue weighted by Crippen LogP contribution is -2.32. The van der Waals surface area contributed by atoms with Gasteiger partial charge in [-0.25, -0.2) is 4.79 Å². The number of carbonyl (C=O) groups excluding carboxylic acids is 3. The number of hydrogen-bond donors (Lipinski definition) is 0. The number of imide groups is 1. The molecule has 2 bridgehead atoms. The third kappa shape index (κ3) is 1.31. The number of carbonyl (C=O) groups is 3. The molecule has 2 unspecified atom stereocenters. The zero-order valence-electron chi connectivity index (χ0n) is 11.7. The van der Waals surface area contributed by atoms with Crippen molar-refractivity contribution in [2.24, 2.45) is 23.7 Å². The first-order chi connectivity index (χ1) is 10.6. The van der Waals surface area contributed by atoms with Crippen LogP contribution in [0.2, 0.25) is 0 Å². The van der Waals surface area contributed by atoms with Crippen LogP contribution in [0.3, 0.4) is 0 Å². The minimum Gasteiger partial charge on any atom is -0.457 e. The van der Waals surface area contributed by atoms with Crippen LogP contribution in [0.4, 0.5) is 5.69 Å². The second-order valence-electron chi connectivity index (χ2n) is 6.43. The molecule has 4 aliphatic rings. The SMILES string of the molecule is O=C1OCc2cc(N3C(=O)[C@@H]4C5C=CC(C5)[C@@H]4C3=O)ccc21. The quantitative estimate of drug-likeness (QED) is 0.449. The molecule has 2 aliphatic heterocycles. The summed E-state index contributed by atoms with van der Waals surface area (Å²) in [5.74, 6) is -0.539. The Balaban J connectivity index is 1.56. The maximum absolute atomic E-state index is 12.7. The molecule has 5 nitrogen and oxygen atoms in total. The van der Waals surface area contributed by atoms with Crippen LogP contribution in [0.15, 0.2) is 30.4 Å². The van der Waals surface area contributed by atoms with Gasteiger partial charge in [-0.3, -0.25) is 14.5 Å². The van der Waals surface area contributed by atoms with Crippen molar-refractivity contribution >= 4 is 23.5 Å². The maximum Gasteiger partial charge on any atom is 0.338 e. The van der Waals surface area contributed by atoms with E-state index >= 15 is 0 Å². The monoisotopic (exact) mass is 295 g/mol. The smallest absolute Gasteiger partial charge is 0.338 e. The summed E-state index contributed by atoms with van der Waals surface area (Å²) in [4.78, 5) is 38.3. The number of anilines is 1. The van der Waals surface area contributed by atoms with Gasteiger partial charge in [-0.05, 0) is 36.5 Å². The summed E-state index contributed by atoms with van der Waals surface area (Å²) in [6, 6.07) is 5.03. The minimum absolute atomic E-state index is 0.1000. The Labute approximate surface area is 126 Å². The number of amides is 2. The molecule has 110 valence electrons. The van der Waals surface area contributed by atoms with Gasteiger partial charge in [0.1, 0.15) is 6.61 Å². The highest BCUT2D eigenvalue weighted by Gasteiger charge is 2.59. The molecule has 5 heteroatoms. The average Bonchev–Trinajstić information content (AvgIpc) is 3.24. The average molecular weight is 295 g/mol. The van der Waals surface area contributed by atoms with E-state index in [1.165, 1.54) is 4.90 Å². The Bertz CT molecular complexity index is 751. The number of allylic oxidation sites excluding steroid dienone is 2. The Hall–Kier alpha value is -2.43. The van der Waals surface area contributed by atoms with Crippen LogP contribution >= 0.6 is 0 Å². The number of cyclic esters (lactones) is 1. The van der Waals surface area contributed by atoms with E-state index in [0.29, 0.717) is 11.3 Å². The molecule has 0 aromatic heterocycles. The lowest BCUT2D eigenvalue weighted by atomic mass is 9.85. The van der Waals surface area contributed by atoms with Crippen LogP contribution in [0.1, 0.15) is 22.3 Å². The molecule has 0 N–H and O–H groups in total. The number of benzene rings is 1. The fourth-order valence-electron chi connectivity index (χ4n) is 4.42. The molecule has 1 saturated heterocycles. The fraction of sp³-hybridized carbons (Fsp3) is 0.353. The van der Waals surface area contributed by atoms with E-state index in [2.05, 4.69) is 12.2 Å². The molecule has 22 heavy (non-hydrogen) atoms. The van der Waals surface area contributed by atoms with Crippen molar-refractivity contribution in [3.8, 4) is 0 Å². The predicted octanol–water partition coefficient (Wildman–Crippen LogP) is 1.67. The second-order valence-corrected chi connectivity index (χ2v) is 6.43. The summed E-state index contributed by atoms with van der Waals surface area (Å²) in [7, 11) is 0. The first-order valence-corrected chi connectivity index (χ1v) is 7.51. The van der Waals surface area contributed by atoms with Gasteiger partial charge in [0.15, 0.2) is 0 Å². The molecule has 1 aromatic carbocycles. The van der Waals surface area contributed by atoms with Crippen molar-refractivity contribution in [2.75, 3.05) is 4.90 Å². The molecule has 0 spiro atoms. The third-order valence-electron chi connectivity index (χ3n) is 5.40. The summed E-state index contributed by atoms with van der Waals surface area (Å²) in [6.45, 7) is 0.206. The Kier molecular flexibility index (Phi) is 2.13. The van der Waals surface area contributed by atoms with Gasteiger partial charge in [0, 0.05) is 5.56 Å². The number of fused-ring (bicyclic) bond motifs is 6. The number of nitrogens with zero attached hydrogens (tertiary/aromatic N) is 1. The molecule has 0 radical (unpaired) electrons. The lowest BCUT2D eigenvalue weighted by Gasteiger charge is -2.17. The van der Waals surface area contributed by atoms with E-state index in [1.807, 2.05) is 0 Å². The predicted molar refractivity (Wildman–Crippen MR) is 75.8 cm³/mol. The summed E-state index contributed by atoms with van der Waals surface area (Å²) in [5, 5.41) is 0. The Morgan fingerprint density at radius 2 is 1.68 bits per heavy atom. The molecular weight excluding hydrogens is 282 g/mol. The van der Waals surface area contributed by atoms with E-state index in [-0.39, 0.29) is 48.1 Å². The van der Waals surface area contributed by atoms with Crippen molar-refractivity contribution in [3.63, 3.8) is 0 Å². The van der Waals surface area contributed by atoms with Gasteiger partial charge in [0.25, 0.3) is 0 Å². The van der Waals surface area contributed by atoms with Gasteiger partial charge < -0.3 is 4.74 Å². The number of hydrogen-bond acceptors (Lipinski definition) is 4. The summed E-state index contributed by atoms with van der Waals surface area (Å²) in [5.41, 5.74) is 1.81. The van der Waals surface area contributed by atoms with Crippen LogP contribution < -0.4 is 4.90 Å². The van der Waals surface area contributed by atoms with Gasteiger partial charge >= 0.3 is 5.97 Å². The van der Waals surface area contributed by atoms with E-state index in [1.54, 1.807) is 18.2 Å². The zero-order valence-corrected chi connectivity index (χ0v) is 11.7. The Morgan fingerprint density at radius 3 is 2.36 bits per heavy atom. The highest BCUT2D eigenvalue weighted by Crippen LogP contribution is 2.53. The highest BCUT2D eigenvalue weighted by molar-refractivity contribution is 6.23. The largest absolute Gasteiger partial charge is 0.457 e. The van der Waals surface area contributed by atoms with E-state index in [4.69, 9.17) is 4.74 Å². The van der Waals surface area contributed by atoms with Crippen LogP contribution in [0, 0.1) is 23.7 Å². The van der Waals surface area contributed by atoms with Gasteiger partial charge in [-0.15, -0.1) is 0 Å². The molecule has 2 heterocycles. The van der Waals surface area contributed by atoms with Crippen molar-refractivity contribution < 1.29 is 19.1 Å². The number of ether oxygens (including phenoxy) is 1. The Morgan fingerprint density at radius 1 is 1.00 bits per heavy atom. The third-order valence-corrected chi connectivity index (χ3v) is 5.40. The molecule has 2 amide bonds. The summed E-state index contributed by atoms with van der Waals surface area (Å²) < 4.78 is 4.98. The van der Waals surface area contributed by atoms with Gasteiger partial charge in [-0.2, -0.15) is 0 Å². The zero-order chi connectivity index (χ0) is 15.0. The summed E-state index contributed by atoms with van der Waals surface area (Å²) >= 11 is 0. The second kappa shape index (κ2) is 3.85. The van der Waals surface area contributed by atoms with Crippen molar-refractivity contribution in [3.05, 3.63) is 41.5 Å². The first-order valence-electron chi connectivity index (χ1n) is 7.51. The molecular formula is C17H13NO4. The van der Waals surface area contributed by atoms with Crippen molar-refractivity contribution in [2.45, 2.75) is 13.0 Å². The van der Waals surface area contributed by atoms with Crippen molar-refractivity contribution in [1.82, 2.24) is 0 Å². The molecule has 5 rings (SSSR count). The highest BCUT2D eigenvalue weighted by atomic mass is 16.5. The van der Waals surface area contributed by atoms with Gasteiger partial charge in [-0.1, -0.05) is 12.2 Å². The summed E-state index contributed by atoms with van der Waals surface area (Å²) in [6.07, 6.45) is 5.08. The normalized spacial score (nSPS) is 34.4. The van der Waals surface area contributed by atoms with Crippen LogP contribution in [-0.4, -0.2) is 17.8 Å². The van der Waals surface area contributed by atoms with Gasteiger partial charge in [0.2, 0.25) is 11.8 Å². The molecule has 1 aromatic rings. The van der Waals surface area contributed by atoms with E-state index in [9.17, 15) is 14.4 Å².